The van der Waals surface area contributed by atoms with Crippen LogP contribution in [0.3, 0.4) is 0 Å². The van der Waals surface area contributed by atoms with Crippen molar-refractivity contribution in [3.63, 3.8) is 0 Å². The summed E-state index contributed by atoms with van der Waals surface area (Å²) < 4.78 is 18.8. The van der Waals surface area contributed by atoms with Crippen LogP contribution in [0.2, 0.25) is 0 Å². The van der Waals surface area contributed by atoms with Gasteiger partial charge in [0.2, 0.25) is 11.8 Å². The van der Waals surface area contributed by atoms with E-state index in [9.17, 15) is 9.50 Å². The molecule has 0 aliphatic carbocycles. The van der Waals surface area contributed by atoms with Gasteiger partial charge in [-0.15, -0.1) is 0 Å². The summed E-state index contributed by atoms with van der Waals surface area (Å²) in [6.07, 6.45) is 1.52. The molecule has 1 N–H and O–H groups in total. The molecule has 0 aliphatic heterocycles. The Morgan fingerprint density at radius 2 is 1.88 bits per heavy atom. The highest BCUT2D eigenvalue weighted by Gasteiger charge is 2.11. The quantitative estimate of drug-likeness (QED) is 0.561. The summed E-state index contributed by atoms with van der Waals surface area (Å²) >= 11 is 0. The van der Waals surface area contributed by atoms with Crippen molar-refractivity contribution in [2.75, 3.05) is 0 Å². The van der Waals surface area contributed by atoms with Crippen LogP contribution >= 0.6 is 0 Å². The zero-order chi connectivity index (χ0) is 17.4. The molecule has 0 fully saturated rings. The molecule has 124 valence electrons. The normalized spacial score (nSPS) is 11.2. The molecular formula is C20H15FN2O2. The van der Waals surface area contributed by atoms with Crippen molar-refractivity contribution < 1.29 is 13.9 Å². The number of rotatable bonds is 3. The van der Waals surface area contributed by atoms with Crippen LogP contribution in [-0.2, 0) is 6.61 Å². The third-order valence-electron chi connectivity index (χ3n) is 4.15. The predicted octanol–water partition coefficient (Wildman–Crippen LogP) is 4.50. The number of hydrogen-bond donors (Lipinski definition) is 1. The van der Waals surface area contributed by atoms with E-state index < -0.39 is 5.95 Å². The molecule has 4 nitrogen and oxygen atoms in total. The van der Waals surface area contributed by atoms with Crippen LogP contribution in [0.4, 0.5) is 4.39 Å². The number of hydrogen-bond acceptors (Lipinski definition) is 4. The van der Waals surface area contributed by atoms with Gasteiger partial charge in [0.25, 0.3) is 0 Å². The van der Waals surface area contributed by atoms with Gasteiger partial charge in [0.15, 0.2) is 5.58 Å². The van der Waals surface area contributed by atoms with E-state index in [1.807, 2.05) is 43.3 Å². The summed E-state index contributed by atoms with van der Waals surface area (Å²) in [4.78, 5) is 8.21. The molecule has 0 radical (unpaired) electrons. The highest BCUT2D eigenvalue weighted by atomic mass is 19.1. The monoisotopic (exact) mass is 334 g/mol. The Hall–Kier alpha value is -3.05. The number of nitrogens with zero attached hydrogens (tertiary/aromatic N) is 2. The van der Waals surface area contributed by atoms with E-state index in [4.69, 9.17) is 4.42 Å². The molecule has 4 rings (SSSR count). The first-order valence-electron chi connectivity index (χ1n) is 7.87. The van der Waals surface area contributed by atoms with Crippen molar-refractivity contribution in [3.05, 3.63) is 71.8 Å². The van der Waals surface area contributed by atoms with E-state index in [1.54, 1.807) is 6.07 Å². The lowest BCUT2D eigenvalue weighted by Crippen LogP contribution is -1.88. The van der Waals surface area contributed by atoms with Crippen LogP contribution in [0.5, 0.6) is 0 Å². The lowest BCUT2D eigenvalue weighted by molar-refractivity contribution is 0.282. The zero-order valence-electron chi connectivity index (χ0n) is 13.5. The first-order valence-corrected chi connectivity index (χ1v) is 7.87. The van der Waals surface area contributed by atoms with Gasteiger partial charge in [-0.05, 0) is 60.0 Å². The van der Waals surface area contributed by atoms with E-state index in [0.717, 1.165) is 27.8 Å². The third kappa shape index (κ3) is 2.90. The fourth-order valence-corrected chi connectivity index (χ4v) is 2.85. The summed E-state index contributed by atoms with van der Waals surface area (Å²) in [6.45, 7) is 1.95. The minimum absolute atomic E-state index is 0.0301. The number of oxazole rings is 1. The summed E-state index contributed by atoms with van der Waals surface area (Å²) in [5, 5.41) is 9.23. The lowest BCUT2D eigenvalue weighted by atomic mass is 10.00. The summed E-state index contributed by atoms with van der Waals surface area (Å²) in [5.41, 5.74) is 5.90. The topological polar surface area (TPSA) is 59.2 Å². The largest absolute Gasteiger partial charge is 0.436 e. The van der Waals surface area contributed by atoms with Gasteiger partial charge in [0.05, 0.1) is 6.61 Å². The molecule has 0 aliphatic rings. The van der Waals surface area contributed by atoms with Gasteiger partial charge in [-0.25, -0.2) is 9.97 Å². The van der Waals surface area contributed by atoms with Crippen LogP contribution < -0.4 is 0 Å². The number of aliphatic hydroxyl groups is 1. The SMILES string of the molecule is Cc1cc(-c2nc3cc(CO)ccc3o2)ccc1-c1ccc(F)nc1. The van der Waals surface area contributed by atoms with Gasteiger partial charge in [-0.3, -0.25) is 0 Å². The van der Waals surface area contributed by atoms with Crippen molar-refractivity contribution in [1.29, 1.82) is 0 Å². The summed E-state index contributed by atoms with van der Waals surface area (Å²) in [7, 11) is 0. The minimum Gasteiger partial charge on any atom is -0.436 e. The van der Waals surface area contributed by atoms with Gasteiger partial charge in [-0.1, -0.05) is 12.1 Å². The Kier molecular flexibility index (Phi) is 3.78. The smallest absolute Gasteiger partial charge is 0.227 e. The van der Waals surface area contributed by atoms with E-state index in [0.29, 0.717) is 17.0 Å². The number of aromatic nitrogens is 2. The van der Waals surface area contributed by atoms with Gasteiger partial charge in [-0.2, -0.15) is 4.39 Å². The van der Waals surface area contributed by atoms with Crippen LogP contribution in [0.25, 0.3) is 33.7 Å². The fraction of sp³-hybridized carbons (Fsp3) is 0.100. The lowest BCUT2D eigenvalue weighted by Gasteiger charge is -2.07. The molecule has 25 heavy (non-hydrogen) atoms. The Labute approximate surface area is 143 Å². The number of halogens is 1. The van der Waals surface area contributed by atoms with Crippen molar-refractivity contribution in [3.8, 4) is 22.6 Å². The standard InChI is InChI=1S/C20H15FN2O2/c1-12-8-14(3-5-16(12)15-4-7-19(21)22-10-15)20-23-17-9-13(11-24)2-6-18(17)25-20/h2-10,24H,11H2,1H3. The Balaban J connectivity index is 1.74. The van der Waals surface area contributed by atoms with Gasteiger partial charge < -0.3 is 9.52 Å². The predicted molar refractivity (Wildman–Crippen MR) is 93.3 cm³/mol. The van der Waals surface area contributed by atoms with Crippen molar-refractivity contribution in [2.45, 2.75) is 13.5 Å². The Bertz CT molecular complexity index is 1060. The summed E-state index contributed by atoms with van der Waals surface area (Å²) in [6, 6.07) is 14.3. The molecular weight excluding hydrogens is 319 g/mol. The number of fused-ring (bicyclic) bond motifs is 1. The van der Waals surface area contributed by atoms with E-state index >= 15 is 0 Å². The maximum Gasteiger partial charge on any atom is 0.227 e. The summed E-state index contributed by atoms with van der Waals surface area (Å²) in [5.74, 6) is 0.0312. The van der Waals surface area contributed by atoms with Crippen LogP contribution in [-0.4, -0.2) is 15.1 Å². The molecule has 0 bridgehead atoms. The second-order valence-electron chi connectivity index (χ2n) is 5.88. The number of aryl methyl sites for hydroxylation is 1. The van der Waals surface area contributed by atoms with E-state index in [1.165, 1.54) is 12.3 Å². The first kappa shape index (κ1) is 15.5. The molecule has 0 atom stereocenters. The highest BCUT2D eigenvalue weighted by molar-refractivity contribution is 5.78. The molecule has 0 amide bonds. The number of benzene rings is 2. The molecule has 0 saturated carbocycles. The molecule has 2 heterocycles. The van der Waals surface area contributed by atoms with Crippen molar-refractivity contribution >= 4 is 11.1 Å². The zero-order valence-corrected chi connectivity index (χ0v) is 13.5. The first-order chi connectivity index (χ1) is 12.1. The number of pyridine rings is 1. The maximum absolute atomic E-state index is 13.0. The molecule has 0 saturated heterocycles. The van der Waals surface area contributed by atoms with Crippen LogP contribution in [0, 0.1) is 12.9 Å². The third-order valence-corrected chi connectivity index (χ3v) is 4.15. The Morgan fingerprint density at radius 3 is 2.60 bits per heavy atom. The molecule has 5 heteroatoms. The fourth-order valence-electron chi connectivity index (χ4n) is 2.85. The minimum atomic E-state index is -0.494. The average Bonchev–Trinajstić information content (AvgIpc) is 3.05. The number of aliphatic hydroxyl groups excluding tert-OH is 1. The molecule has 0 unspecified atom stereocenters. The highest BCUT2D eigenvalue weighted by Crippen LogP contribution is 2.30. The van der Waals surface area contributed by atoms with Crippen LogP contribution in [0.15, 0.2) is 59.1 Å². The molecule has 4 aromatic rings. The second kappa shape index (κ2) is 6.11. The molecule has 0 spiro atoms. The van der Waals surface area contributed by atoms with E-state index in [-0.39, 0.29) is 6.61 Å². The van der Waals surface area contributed by atoms with Crippen LogP contribution in [0.1, 0.15) is 11.1 Å². The van der Waals surface area contributed by atoms with Gasteiger partial charge in [0.1, 0.15) is 5.52 Å². The maximum atomic E-state index is 13.0. The Morgan fingerprint density at radius 1 is 1.04 bits per heavy atom. The molecule has 2 aromatic heterocycles. The van der Waals surface area contributed by atoms with E-state index in [2.05, 4.69) is 9.97 Å². The van der Waals surface area contributed by atoms with Crippen molar-refractivity contribution in [2.24, 2.45) is 0 Å². The van der Waals surface area contributed by atoms with Crippen molar-refractivity contribution in [1.82, 2.24) is 9.97 Å². The molecule has 2 aromatic carbocycles. The van der Waals surface area contributed by atoms with Gasteiger partial charge in [0, 0.05) is 17.3 Å². The van der Waals surface area contributed by atoms with Gasteiger partial charge >= 0.3 is 0 Å². The average molecular weight is 334 g/mol. The second-order valence-corrected chi connectivity index (χ2v) is 5.88.